The minimum atomic E-state index is -3.70. The Balaban J connectivity index is 2.62. The van der Waals surface area contributed by atoms with E-state index in [1.165, 1.54) is 11.1 Å². The first-order valence-corrected chi connectivity index (χ1v) is 8.22. The average Bonchev–Trinajstić information content (AvgIpc) is 2.31. The van der Waals surface area contributed by atoms with Crippen LogP contribution in [0, 0.1) is 20.8 Å². The van der Waals surface area contributed by atoms with E-state index < -0.39 is 9.05 Å². The van der Waals surface area contributed by atoms with Crippen molar-refractivity contribution < 1.29 is 8.42 Å². The minimum Gasteiger partial charge on any atom is -0.207 e. The predicted molar refractivity (Wildman–Crippen MR) is 79.1 cm³/mol. The molecule has 100 valence electrons. The lowest BCUT2D eigenvalue weighted by atomic mass is 9.99. The molecule has 2 aromatic carbocycles. The normalized spacial score (nSPS) is 11.6. The molecule has 0 fully saturated rings. The van der Waals surface area contributed by atoms with Gasteiger partial charge in [0, 0.05) is 10.7 Å². The maximum atomic E-state index is 11.5. The molecule has 0 aliphatic heterocycles. The lowest BCUT2D eigenvalue weighted by molar-refractivity contribution is 0.609. The molecule has 2 nitrogen and oxygen atoms in total. The Bertz CT molecular complexity index is 734. The summed E-state index contributed by atoms with van der Waals surface area (Å²) >= 11 is 0. The summed E-state index contributed by atoms with van der Waals surface area (Å²) in [7, 11) is 1.72. The third-order valence-corrected chi connectivity index (χ3v) is 4.51. The molecular formula is C15H15ClO2S. The van der Waals surface area contributed by atoms with Gasteiger partial charge in [-0.25, -0.2) is 8.42 Å². The van der Waals surface area contributed by atoms with Gasteiger partial charge in [-0.05, 0) is 60.7 Å². The smallest absolute Gasteiger partial charge is 0.207 e. The van der Waals surface area contributed by atoms with Gasteiger partial charge in [-0.2, -0.15) is 0 Å². The van der Waals surface area contributed by atoms with E-state index in [-0.39, 0.29) is 4.90 Å². The summed E-state index contributed by atoms with van der Waals surface area (Å²) in [5.41, 5.74) is 5.11. The number of benzene rings is 2. The van der Waals surface area contributed by atoms with Crippen molar-refractivity contribution in [1.29, 1.82) is 0 Å². The first-order chi connectivity index (χ1) is 8.77. The highest BCUT2D eigenvalue weighted by Gasteiger charge is 2.12. The molecule has 0 unspecified atom stereocenters. The van der Waals surface area contributed by atoms with Crippen LogP contribution in [-0.4, -0.2) is 8.42 Å². The summed E-state index contributed by atoms with van der Waals surface area (Å²) in [6.45, 7) is 5.94. The van der Waals surface area contributed by atoms with Crippen LogP contribution in [0.5, 0.6) is 0 Å². The van der Waals surface area contributed by atoms with Gasteiger partial charge in [-0.3, -0.25) is 0 Å². The van der Waals surface area contributed by atoms with E-state index in [4.69, 9.17) is 10.7 Å². The molecule has 0 radical (unpaired) electrons. The van der Waals surface area contributed by atoms with Gasteiger partial charge in [0.15, 0.2) is 0 Å². The Morgan fingerprint density at radius 3 is 2.11 bits per heavy atom. The molecule has 0 saturated carbocycles. The molecule has 19 heavy (non-hydrogen) atoms. The largest absolute Gasteiger partial charge is 0.261 e. The van der Waals surface area contributed by atoms with Gasteiger partial charge in [-0.1, -0.05) is 24.3 Å². The van der Waals surface area contributed by atoms with Crippen LogP contribution in [0.4, 0.5) is 0 Å². The van der Waals surface area contributed by atoms with Gasteiger partial charge >= 0.3 is 0 Å². The second kappa shape index (κ2) is 4.99. The van der Waals surface area contributed by atoms with Crippen molar-refractivity contribution in [3.63, 3.8) is 0 Å². The minimum absolute atomic E-state index is 0.141. The highest BCUT2D eigenvalue weighted by atomic mass is 35.7. The molecule has 2 aromatic rings. The maximum Gasteiger partial charge on any atom is 0.261 e. The Kier molecular flexibility index (Phi) is 3.70. The third-order valence-electron chi connectivity index (χ3n) is 3.17. The van der Waals surface area contributed by atoms with Gasteiger partial charge < -0.3 is 0 Å². The second-order valence-corrected chi connectivity index (χ2v) is 7.34. The summed E-state index contributed by atoms with van der Waals surface area (Å²) in [5.74, 6) is 0. The first kappa shape index (κ1) is 14.1. The van der Waals surface area contributed by atoms with Crippen molar-refractivity contribution in [2.24, 2.45) is 0 Å². The molecule has 0 spiro atoms. The van der Waals surface area contributed by atoms with E-state index in [0.717, 1.165) is 16.7 Å². The molecular weight excluding hydrogens is 280 g/mol. The summed E-state index contributed by atoms with van der Waals surface area (Å²) in [4.78, 5) is 0.141. The van der Waals surface area contributed by atoms with E-state index in [1.807, 2.05) is 39.0 Å². The average molecular weight is 295 g/mol. The zero-order valence-corrected chi connectivity index (χ0v) is 12.6. The van der Waals surface area contributed by atoms with Crippen LogP contribution in [0.1, 0.15) is 16.7 Å². The summed E-state index contributed by atoms with van der Waals surface area (Å²) in [6.07, 6.45) is 0. The molecule has 0 bridgehead atoms. The van der Waals surface area contributed by atoms with Crippen molar-refractivity contribution >= 4 is 19.7 Å². The molecule has 0 heterocycles. The SMILES string of the molecule is Cc1cc(-c2ccc(C)c(C)c2)cc(S(=O)(=O)Cl)c1. The number of rotatable bonds is 2. The van der Waals surface area contributed by atoms with E-state index in [1.54, 1.807) is 12.1 Å². The molecule has 0 amide bonds. The van der Waals surface area contributed by atoms with Crippen molar-refractivity contribution in [2.45, 2.75) is 25.7 Å². The molecule has 0 N–H and O–H groups in total. The van der Waals surface area contributed by atoms with Crippen LogP contribution in [0.3, 0.4) is 0 Å². The van der Waals surface area contributed by atoms with Gasteiger partial charge in [0.25, 0.3) is 9.05 Å². The van der Waals surface area contributed by atoms with E-state index >= 15 is 0 Å². The molecule has 0 aliphatic rings. The zero-order chi connectivity index (χ0) is 14.2. The van der Waals surface area contributed by atoms with Crippen LogP contribution in [-0.2, 0) is 9.05 Å². The van der Waals surface area contributed by atoms with Gasteiger partial charge in [-0.15, -0.1) is 0 Å². The van der Waals surface area contributed by atoms with Crippen molar-refractivity contribution in [1.82, 2.24) is 0 Å². The van der Waals surface area contributed by atoms with Gasteiger partial charge in [0.1, 0.15) is 0 Å². The van der Waals surface area contributed by atoms with E-state index in [0.29, 0.717) is 0 Å². The second-order valence-electron chi connectivity index (χ2n) is 4.77. The molecule has 4 heteroatoms. The Morgan fingerprint density at radius 1 is 0.842 bits per heavy atom. The number of hydrogen-bond donors (Lipinski definition) is 0. The standard InChI is InChI=1S/C15H15ClO2S/c1-10-6-14(9-15(7-10)19(16,17)18)13-5-4-11(2)12(3)8-13/h4-9H,1-3H3. The fraction of sp³-hybridized carbons (Fsp3) is 0.200. The highest BCUT2D eigenvalue weighted by molar-refractivity contribution is 8.13. The maximum absolute atomic E-state index is 11.5. The van der Waals surface area contributed by atoms with Crippen LogP contribution in [0.2, 0.25) is 0 Å². The Hall–Kier alpha value is -1.32. The molecule has 0 atom stereocenters. The lowest BCUT2D eigenvalue weighted by Gasteiger charge is -2.08. The fourth-order valence-electron chi connectivity index (χ4n) is 1.98. The monoisotopic (exact) mass is 294 g/mol. The summed E-state index contributed by atoms with van der Waals surface area (Å²) in [5, 5.41) is 0. The van der Waals surface area contributed by atoms with E-state index in [9.17, 15) is 8.42 Å². The van der Waals surface area contributed by atoms with Gasteiger partial charge in [0.2, 0.25) is 0 Å². The Morgan fingerprint density at radius 2 is 1.53 bits per heavy atom. The molecule has 0 saturated heterocycles. The Labute approximate surface area is 118 Å². The first-order valence-electron chi connectivity index (χ1n) is 5.91. The zero-order valence-electron chi connectivity index (χ0n) is 11.1. The van der Waals surface area contributed by atoms with E-state index in [2.05, 4.69) is 6.07 Å². The fourth-order valence-corrected chi connectivity index (χ4v) is 2.84. The van der Waals surface area contributed by atoms with Crippen molar-refractivity contribution in [3.8, 4) is 11.1 Å². The number of hydrogen-bond acceptors (Lipinski definition) is 2. The van der Waals surface area contributed by atoms with Crippen molar-refractivity contribution in [2.75, 3.05) is 0 Å². The molecule has 2 rings (SSSR count). The van der Waals surface area contributed by atoms with Crippen LogP contribution < -0.4 is 0 Å². The number of aryl methyl sites for hydroxylation is 3. The highest BCUT2D eigenvalue weighted by Crippen LogP contribution is 2.27. The predicted octanol–water partition coefficient (Wildman–Crippen LogP) is 4.21. The topological polar surface area (TPSA) is 34.1 Å². The lowest BCUT2D eigenvalue weighted by Crippen LogP contribution is -1.93. The summed E-state index contributed by atoms with van der Waals surface area (Å²) in [6, 6.07) is 11.2. The van der Waals surface area contributed by atoms with Crippen molar-refractivity contribution in [3.05, 3.63) is 53.1 Å². The molecule has 0 aromatic heterocycles. The van der Waals surface area contributed by atoms with Crippen LogP contribution >= 0.6 is 10.7 Å². The third kappa shape index (κ3) is 3.17. The van der Waals surface area contributed by atoms with Crippen LogP contribution in [0.25, 0.3) is 11.1 Å². The van der Waals surface area contributed by atoms with Crippen LogP contribution in [0.15, 0.2) is 41.3 Å². The molecule has 0 aliphatic carbocycles. The van der Waals surface area contributed by atoms with Gasteiger partial charge in [0.05, 0.1) is 4.90 Å². The quantitative estimate of drug-likeness (QED) is 0.778. The summed E-state index contributed by atoms with van der Waals surface area (Å²) < 4.78 is 22.9. The number of halogens is 1.